The van der Waals surface area contributed by atoms with Gasteiger partial charge in [-0.25, -0.2) is 4.72 Å². The van der Waals surface area contributed by atoms with E-state index in [0.29, 0.717) is 37.4 Å². The van der Waals surface area contributed by atoms with Gasteiger partial charge in [-0.1, -0.05) is 19.1 Å². The van der Waals surface area contributed by atoms with Crippen molar-refractivity contribution in [3.05, 3.63) is 53.1 Å². The van der Waals surface area contributed by atoms with Gasteiger partial charge in [-0.05, 0) is 49.2 Å². The summed E-state index contributed by atoms with van der Waals surface area (Å²) in [6.45, 7) is 7.96. The van der Waals surface area contributed by atoms with Crippen molar-refractivity contribution >= 4 is 22.9 Å². The number of likely N-dealkylation sites (N-methyl/N-ethyl adjacent to an activating group) is 1. The molecule has 2 heterocycles. The lowest BCUT2D eigenvalue weighted by molar-refractivity contribution is 0.0689. The van der Waals surface area contributed by atoms with Crippen molar-refractivity contribution in [3.8, 4) is 11.5 Å². The van der Waals surface area contributed by atoms with Crippen molar-refractivity contribution in [2.75, 3.05) is 58.4 Å². The number of hydrogen-bond donors (Lipinski definition) is 1. The minimum Gasteiger partial charge on any atom is -0.760 e. The Balaban J connectivity index is 1.61. The third kappa shape index (κ3) is 5.67. The number of nitrogens with one attached hydrogen (secondary N) is 1. The smallest absolute Gasteiger partial charge is 0.255 e. The number of methoxy groups -OCH3 is 2. The maximum absolute atomic E-state index is 13.7. The first-order valence-corrected chi connectivity index (χ1v) is 13.5. The molecule has 0 saturated carbocycles. The van der Waals surface area contributed by atoms with Crippen molar-refractivity contribution < 1.29 is 23.0 Å². The molecule has 0 aliphatic carbocycles. The molecule has 196 valence electrons. The Morgan fingerprint density at radius 3 is 2.50 bits per heavy atom. The molecule has 1 N–H and O–H groups in total. The van der Waals surface area contributed by atoms with Crippen LogP contribution in [0.25, 0.3) is 0 Å². The largest absolute Gasteiger partial charge is 0.760 e. The maximum atomic E-state index is 13.7. The van der Waals surface area contributed by atoms with E-state index in [1.165, 1.54) is 0 Å². The predicted molar refractivity (Wildman–Crippen MR) is 139 cm³/mol. The Morgan fingerprint density at radius 2 is 1.83 bits per heavy atom. The van der Waals surface area contributed by atoms with Gasteiger partial charge in [0, 0.05) is 67.3 Å². The molecule has 10 heteroatoms. The van der Waals surface area contributed by atoms with E-state index in [0.717, 1.165) is 55.1 Å². The second kappa shape index (κ2) is 12.1. The van der Waals surface area contributed by atoms with Crippen LogP contribution >= 0.6 is 0 Å². The lowest BCUT2D eigenvalue weighted by Gasteiger charge is -2.36. The average Bonchev–Trinajstić information content (AvgIpc) is 3.24. The van der Waals surface area contributed by atoms with Crippen molar-refractivity contribution in [1.82, 2.24) is 14.5 Å². The standard InChI is InChI=1S/C26H36N4O5S/c1-4-28-13-15-29(16-14-28)23-8-5-7-20-21(23)18-30(26(20)31)22(9-6-12-27-36(32)33)19-10-11-24(34-2)25(17-19)35-3/h5,7-8,10-11,17,22,27H,4,6,9,12-16,18H2,1-3H3,(H,32,33)/p-1/t22-/m1/s1. The van der Waals surface area contributed by atoms with Crippen LogP contribution in [0.4, 0.5) is 5.69 Å². The van der Waals surface area contributed by atoms with Crippen LogP contribution in [-0.4, -0.2) is 78.0 Å². The third-order valence-electron chi connectivity index (χ3n) is 7.17. The van der Waals surface area contributed by atoms with Gasteiger partial charge in [0.15, 0.2) is 11.5 Å². The molecule has 0 aromatic heterocycles. The van der Waals surface area contributed by atoms with Gasteiger partial charge in [-0.2, -0.15) is 0 Å². The highest BCUT2D eigenvalue weighted by atomic mass is 32.2. The van der Waals surface area contributed by atoms with Gasteiger partial charge in [0.2, 0.25) is 0 Å². The van der Waals surface area contributed by atoms with E-state index < -0.39 is 11.3 Å². The number of fused-ring (bicyclic) bond motifs is 1. The molecule has 2 aromatic carbocycles. The zero-order valence-corrected chi connectivity index (χ0v) is 22.0. The van der Waals surface area contributed by atoms with Crippen molar-refractivity contribution in [3.63, 3.8) is 0 Å². The van der Waals surface area contributed by atoms with Crippen LogP contribution in [0.5, 0.6) is 11.5 Å². The van der Waals surface area contributed by atoms with Crippen LogP contribution < -0.4 is 19.1 Å². The number of rotatable bonds is 11. The molecular weight excluding hydrogens is 480 g/mol. The number of benzene rings is 2. The number of ether oxygens (including phenoxy) is 2. The first-order valence-electron chi connectivity index (χ1n) is 12.4. The van der Waals surface area contributed by atoms with E-state index in [1.807, 2.05) is 35.2 Å². The Hall–Kier alpha value is -2.66. The number of anilines is 1. The zero-order valence-electron chi connectivity index (χ0n) is 21.2. The molecule has 2 aliphatic rings. The van der Waals surface area contributed by atoms with Crippen molar-refractivity contribution in [2.24, 2.45) is 0 Å². The average molecular weight is 516 g/mol. The van der Waals surface area contributed by atoms with E-state index in [2.05, 4.69) is 27.5 Å². The molecule has 1 amide bonds. The molecule has 4 rings (SSSR count). The number of carbonyl (C=O) groups excluding carboxylic acids is 1. The highest BCUT2D eigenvalue weighted by Gasteiger charge is 2.36. The van der Waals surface area contributed by atoms with Gasteiger partial charge in [-0.3, -0.25) is 9.00 Å². The summed E-state index contributed by atoms with van der Waals surface area (Å²) in [5, 5.41) is 0. The van der Waals surface area contributed by atoms with Crippen molar-refractivity contribution in [2.45, 2.75) is 32.4 Å². The summed E-state index contributed by atoms with van der Waals surface area (Å²) in [4.78, 5) is 20.4. The molecule has 0 radical (unpaired) electrons. The third-order valence-corrected chi connectivity index (χ3v) is 7.61. The fourth-order valence-electron chi connectivity index (χ4n) is 5.20. The monoisotopic (exact) mass is 515 g/mol. The SMILES string of the molecule is CCN1CCN(c2cccc3c2CN([C@H](CCCNS(=O)[O-])c2ccc(OC)c(OC)c2)C3=O)CC1. The quantitative estimate of drug-likeness (QED) is 0.363. The second-order valence-corrected chi connectivity index (χ2v) is 9.82. The molecule has 1 fully saturated rings. The van der Waals surface area contributed by atoms with E-state index in [1.54, 1.807) is 14.2 Å². The van der Waals surface area contributed by atoms with Gasteiger partial charge in [-0.15, -0.1) is 0 Å². The fourth-order valence-corrected chi connectivity index (χ4v) is 5.52. The van der Waals surface area contributed by atoms with E-state index >= 15 is 0 Å². The molecule has 2 aliphatic heterocycles. The summed E-state index contributed by atoms with van der Waals surface area (Å²) >= 11 is -2.31. The number of carbonyl (C=O) groups is 1. The Morgan fingerprint density at radius 1 is 1.08 bits per heavy atom. The normalized spacial score (nSPS) is 17.7. The van der Waals surface area contributed by atoms with Crippen molar-refractivity contribution in [1.29, 1.82) is 0 Å². The summed E-state index contributed by atoms with van der Waals surface area (Å²) in [6.07, 6.45) is 1.18. The highest BCUT2D eigenvalue weighted by Crippen LogP contribution is 2.40. The van der Waals surface area contributed by atoms with Gasteiger partial charge in [0.05, 0.1) is 20.3 Å². The minimum absolute atomic E-state index is 0.000750. The van der Waals surface area contributed by atoms with Gasteiger partial charge in [0.1, 0.15) is 0 Å². The van der Waals surface area contributed by atoms with Crippen LogP contribution in [0.3, 0.4) is 0 Å². The molecule has 2 aromatic rings. The Labute approximate surface area is 215 Å². The summed E-state index contributed by atoms with van der Waals surface area (Å²) in [5.41, 5.74) is 3.87. The Bertz CT molecular complexity index is 1090. The molecule has 1 saturated heterocycles. The second-order valence-electron chi connectivity index (χ2n) is 9.06. The van der Waals surface area contributed by atoms with Crippen LogP contribution in [0.15, 0.2) is 36.4 Å². The highest BCUT2D eigenvalue weighted by molar-refractivity contribution is 7.77. The minimum atomic E-state index is -2.31. The van der Waals surface area contributed by atoms with Crippen LogP contribution in [0, 0.1) is 0 Å². The topological polar surface area (TPSA) is 97.4 Å². The molecule has 0 bridgehead atoms. The zero-order chi connectivity index (χ0) is 25.7. The van der Waals surface area contributed by atoms with Crippen LogP contribution in [0.2, 0.25) is 0 Å². The lowest BCUT2D eigenvalue weighted by atomic mass is 9.99. The fraction of sp³-hybridized carbons (Fsp3) is 0.500. The van der Waals surface area contributed by atoms with E-state index in [-0.39, 0.29) is 11.9 Å². The van der Waals surface area contributed by atoms with Crippen LogP contribution in [0.1, 0.15) is 47.3 Å². The first kappa shape index (κ1) is 26.4. The molecule has 1 unspecified atom stereocenters. The number of hydrogen-bond acceptors (Lipinski definition) is 7. The Kier molecular flexibility index (Phi) is 8.84. The van der Waals surface area contributed by atoms with Crippen LogP contribution in [-0.2, 0) is 17.8 Å². The van der Waals surface area contributed by atoms with Gasteiger partial charge in [0.25, 0.3) is 5.91 Å². The van der Waals surface area contributed by atoms with E-state index in [9.17, 15) is 13.6 Å². The molecule has 2 atom stereocenters. The molecule has 0 spiro atoms. The summed E-state index contributed by atoms with van der Waals surface area (Å²) in [7, 11) is 3.18. The number of nitrogens with zero attached hydrogens (tertiary/aromatic N) is 3. The lowest BCUT2D eigenvalue weighted by Crippen LogP contribution is -2.46. The molecular formula is C26H35N4O5S-. The summed E-state index contributed by atoms with van der Waals surface area (Å²) in [6, 6.07) is 11.5. The van der Waals surface area contributed by atoms with Gasteiger partial charge >= 0.3 is 0 Å². The summed E-state index contributed by atoms with van der Waals surface area (Å²) < 4.78 is 35.2. The number of amides is 1. The molecule has 36 heavy (non-hydrogen) atoms. The first-order chi connectivity index (χ1) is 17.5. The van der Waals surface area contributed by atoms with Gasteiger partial charge < -0.3 is 28.7 Å². The molecule has 9 nitrogen and oxygen atoms in total. The predicted octanol–water partition coefficient (Wildman–Crippen LogP) is 2.71. The van der Waals surface area contributed by atoms with E-state index in [4.69, 9.17) is 9.47 Å². The summed E-state index contributed by atoms with van der Waals surface area (Å²) in [5.74, 6) is 1.21. The number of piperazine rings is 1. The maximum Gasteiger partial charge on any atom is 0.255 e.